The molecule has 3 heteroatoms. The molecule has 108 valence electrons. The van der Waals surface area contributed by atoms with Crippen LogP contribution < -0.4 is 5.32 Å². The number of benzene rings is 1. The van der Waals surface area contributed by atoms with Gasteiger partial charge in [0.2, 0.25) is 0 Å². The molecule has 1 aliphatic rings. The first-order valence-corrected chi connectivity index (χ1v) is 7.51. The third-order valence-electron chi connectivity index (χ3n) is 3.77. The summed E-state index contributed by atoms with van der Waals surface area (Å²) in [5.74, 6) is -0.877. The fourth-order valence-corrected chi connectivity index (χ4v) is 2.57. The minimum Gasteiger partial charge on any atom is -0.478 e. The van der Waals surface area contributed by atoms with Gasteiger partial charge in [0.25, 0.3) is 0 Å². The lowest BCUT2D eigenvalue weighted by Gasteiger charge is -2.12. The number of carboxylic acids is 1. The van der Waals surface area contributed by atoms with Crippen molar-refractivity contribution >= 4 is 11.7 Å². The molecule has 20 heavy (non-hydrogen) atoms. The van der Waals surface area contributed by atoms with Crippen LogP contribution >= 0.6 is 0 Å². The van der Waals surface area contributed by atoms with E-state index in [4.69, 9.17) is 5.11 Å². The van der Waals surface area contributed by atoms with Gasteiger partial charge in [-0.3, -0.25) is 0 Å². The molecule has 0 saturated heterocycles. The van der Waals surface area contributed by atoms with Gasteiger partial charge in [0.05, 0.1) is 5.56 Å². The maximum atomic E-state index is 10.7. The molecule has 0 fully saturated rings. The molecule has 0 saturated carbocycles. The molecule has 0 spiro atoms. The summed E-state index contributed by atoms with van der Waals surface area (Å²) in [6.07, 6.45) is 11.3. The van der Waals surface area contributed by atoms with Crippen LogP contribution in [0.15, 0.2) is 35.9 Å². The van der Waals surface area contributed by atoms with Gasteiger partial charge in [0, 0.05) is 12.2 Å². The Hall–Kier alpha value is -1.77. The van der Waals surface area contributed by atoms with E-state index in [2.05, 4.69) is 11.4 Å². The predicted octanol–water partition coefficient (Wildman–Crippen LogP) is 4.47. The van der Waals surface area contributed by atoms with Crippen molar-refractivity contribution in [1.29, 1.82) is 0 Å². The number of allylic oxidation sites excluding steroid dienone is 2. The molecule has 0 atom stereocenters. The largest absolute Gasteiger partial charge is 0.478 e. The van der Waals surface area contributed by atoms with Crippen LogP contribution in [0.2, 0.25) is 0 Å². The summed E-state index contributed by atoms with van der Waals surface area (Å²) in [5.41, 5.74) is 2.97. The Balaban J connectivity index is 1.63. The third-order valence-corrected chi connectivity index (χ3v) is 3.77. The van der Waals surface area contributed by atoms with Crippen molar-refractivity contribution in [2.45, 2.75) is 44.9 Å². The minimum atomic E-state index is -0.877. The van der Waals surface area contributed by atoms with Crippen molar-refractivity contribution < 1.29 is 9.90 Å². The standard InChI is InChI=1S/C17H23NO2/c19-17(20)15-9-11-16(12-10-15)18-13-5-4-8-14-6-2-1-3-7-14/h6,9-12,18H,1-5,7-8,13H2,(H,19,20). The highest BCUT2D eigenvalue weighted by Gasteiger charge is 2.03. The number of carboxylic acid groups (broad SMARTS) is 1. The van der Waals surface area contributed by atoms with E-state index in [9.17, 15) is 4.79 Å². The summed E-state index contributed by atoms with van der Waals surface area (Å²) in [6.45, 7) is 0.944. The normalized spacial score (nSPS) is 14.7. The lowest BCUT2D eigenvalue weighted by Crippen LogP contribution is -2.03. The van der Waals surface area contributed by atoms with Crippen molar-refractivity contribution in [3.05, 3.63) is 41.5 Å². The molecule has 0 aliphatic heterocycles. The highest BCUT2D eigenvalue weighted by molar-refractivity contribution is 5.87. The molecule has 0 amide bonds. The van der Waals surface area contributed by atoms with Gasteiger partial charge in [0.15, 0.2) is 0 Å². The van der Waals surface area contributed by atoms with Gasteiger partial charge in [0.1, 0.15) is 0 Å². The van der Waals surface area contributed by atoms with Gasteiger partial charge < -0.3 is 10.4 Å². The molecule has 0 aromatic heterocycles. The number of hydrogen-bond acceptors (Lipinski definition) is 2. The fraction of sp³-hybridized carbons (Fsp3) is 0.471. The SMILES string of the molecule is O=C(O)c1ccc(NCCCCC2=CCCCC2)cc1. The zero-order valence-electron chi connectivity index (χ0n) is 11.9. The Kier molecular flexibility index (Phi) is 5.66. The third kappa shape index (κ3) is 4.72. The first kappa shape index (κ1) is 14.6. The van der Waals surface area contributed by atoms with Crippen molar-refractivity contribution in [3.63, 3.8) is 0 Å². The second kappa shape index (κ2) is 7.73. The highest BCUT2D eigenvalue weighted by atomic mass is 16.4. The Morgan fingerprint density at radius 2 is 1.95 bits per heavy atom. The Morgan fingerprint density at radius 1 is 1.15 bits per heavy atom. The van der Waals surface area contributed by atoms with Crippen LogP contribution in [-0.4, -0.2) is 17.6 Å². The van der Waals surface area contributed by atoms with E-state index in [1.165, 1.54) is 38.5 Å². The molecule has 0 radical (unpaired) electrons. The van der Waals surface area contributed by atoms with Gasteiger partial charge >= 0.3 is 5.97 Å². The number of aromatic carboxylic acids is 1. The van der Waals surface area contributed by atoms with Gasteiger partial charge in [-0.2, -0.15) is 0 Å². The molecule has 0 bridgehead atoms. The molecule has 2 rings (SSSR count). The van der Waals surface area contributed by atoms with Crippen LogP contribution in [0.3, 0.4) is 0 Å². The highest BCUT2D eigenvalue weighted by Crippen LogP contribution is 2.21. The summed E-state index contributed by atoms with van der Waals surface area (Å²) in [7, 11) is 0. The topological polar surface area (TPSA) is 49.3 Å². The molecule has 2 N–H and O–H groups in total. The van der Waals surface area contributed by atoms with Crippen LogP contribution in [0.5, 0.6) is 0 Å². The average Bonchev–Trinajstić information content (AvgIpc) is 2.48. The Morgan fingerprint density at radius 3 is 2.60 bits per heavy atom. The van der Waals surface area contributed by atoms with E-state index in [0.717, 1.165) is 18.7 Å². The van der Waals surface area contributed by atoms with Crippen LogP contribution in [0.4, 0.5) is 5.69 Å². The van der Waals surface area contributed by atoms with Gasteiger partial charge in [-0.05, 0) is 69.2 Å². The van der Waals surface area contributed by atoms with Crippen LogP contribution in [-0.2, 0) is 0 Å². The summed E-state index contributed by atoms with van der Waals surface area (Å²) < 4.78 is 0. The lowest BCUT2D eigenvalue weighted by molar-refractivity contribution is 0.0697. The number of nitrogens with one attached hydrogen (secondary N) is 1. The molecular formula is C17H23NO2. The molecular weight excluding hydrogens is 250 g/mol. The van der Waals surface area contributed by atoms with Crippen LogP contribution in [0.25, 0.3) is 0 Å². The number of hydrogen-bond donors (Lipinski definition) is 2. The van der Waals surface area contributed by atoms with E-state index in [0.29, 0.717) is 5.56 Å². The average molecular weight is 273 g/mol. The van der Waals surface area contributed by atoms with Gasteiger partial charge in [-0.1, -0.05) is 11.6 Å². The second-order valence-corrected chi connectivity index (χ2v) is 5.37. The molecule has 1 aromatic rings. The molecule has 1 aliphatic carbocycles. The minimum absolute atomic E-state index is 0.333. The smallest absolute Gasteiger partial charge is 0.335 e. The number of anilines is 1. The summed E-state index contributed by atoms with van der Waals surface area (Å²) >= 11 is 0. The quantitative estimate of drug-likeness (QED) is 0.569. The molecule has 0 unspecified atom stereocenters. The van der Waals surface area contributed by atoms with Crippen LogP contribution in [0, 0.1) is 0 Å². The van der Waals surface area contributed by atoms with E-state index >= 15 is 0 Å². The Bertz CT molecular complexity index is 462. The first-order chi connectivity index (χ1) is 9.75. The second-order valence-electron chi connectivity index (χ2n) is 5.37. The maximum absolute atomic E-state index is 10.7. The monoisotopic (exact) mass is 273 g/mol. The molecule has 3 nitrogen and oxygen atoms in total. The lowest BCUT2D eigenvalue weighted by atomic mass is 9.95. The first-order valence-electron chi connectivity index (χ1n) is 7.51. The maximum Gasteiger partial charge on any atom is 0.335 e. The summed E-state index contributed by atoms with van der Waals surface area (Å²) in [5, 5.41) is 12.2. The van der Waals surface area contributed by atoms with E-state index in [1.807, 2.05) is 12.1 Å². The zero-order valence-corrected chi connectivity index (χ0v) is 11.9. The number of carbonyl (C=O) groups is 1. The van der Waals surface area contributed by atoms with Gasteiger partial charge in [-0.15, -0.1) is 0 Å². The fourth-order valence-electron chi connectivity index (χ4n) is 2.57. The summed E-state index contributed by atoms with van der Waals surface area (Å²) in [6, 6.07) is 6.93. The van der Waals surface area contributed by atoms with Gasteiger partial charge in [-0.25, -0.2) is 4.79 Å². The predicted molar refractivity (Wildman–Crippen MR) is 82.3 cm³/mol. The van der Waals surface area contributed by atoms with E-state index in [1.54, 1.807) is 17.7 Å². The van der Waals surface area contributed by atoms with E-state index < -0.39 is 5.97 Å². The number of unbranched alkanes of at least 4 members (excludes halogenated alkanes) is 1. The van der Waals surface area contributed by atoms with E-state index in [-0.39, 0.29) is 0 Å². The van der Waals surface area contributed by atoms with Crippen LogP contribution in [0.1, 0.15) is 55.3 Å². The van der Waals surface area contributed by atoms with Crippen molar-refractivity contribution in [1.82, 2.24) is 0 Å². The number of rotatable bonds is 7. The summed E-state index contributed by atoms with van der Waals surface area (Å²) in [4.78, 5) is 10.7. The van der Waals surface area contributed by atoms with Crippen molar-refractivity contribution in [2.75, 3.05) is 11.9 Å². The van der Waals surface area contributed by atoms with Crippen molar-refractivity contribution in [2.24, 2.45) is 0 Å². The molecule has 0 heterocycles. The zero-order chi connectivity index (χ0) is 14.2. The Labute approximate surface area is 120 Å². The molecule has 1 aromatic carbocycles. The van der Waals surface area contributed by atoms with Crippen molar-refractivity contribution in [3.8, 4) is 0 Å².